The minimum absolute atomic E-state index is 0.223. The van der Waals surface area contributed by atoms with Gasteiger partial charge in [-0.2, -0.15) is 13.2 Å². The van der Waals surface area contributed by atoms with Crippen molar-refractivity contribution in [2.45, 2.75) is 6.18 Å². The van der Waals surface area contributed by atoms with Gasteiger partial charge in [0, 0.05) is 0 Å². The molecule has 70 valence electrons. The summed E-state index contributed by atoms with van der Waals surface area (Å²) in [4.78, 5) is 16.6. The molecule has 13 heavy (non-hydrogen) atoms. The van der Waals surface area contributed by atoms with Gasteiger partial charge >= 0.3 is 6.18 Å². The highest BCUT2D eigenvalue weighted by Gasteiger charge is 2.36. The van der Waals surface area contributed by atoms with Crippen molar-refractivity contribution in [2.75, 3.05) is 0 Å². The molecule has 0 unspecified atom stereocenters. The first-order valence-electron chi connectivity index (χ1n) is 2.99. The van der Waals surface area contributed by atoms with Gasteiger partial charge in [0.15, 0.2) is 12.0 Å². The van der Waals surface area contributed by atoms with Crippen LogP contribution in [0.15, 0.2) is 10.8 Å². The molecule has 0 fully saturated rings. The summed E-state index contributed by atoms with van der Waals surface area (Å²) in [7, 11) is 0. The van der Waals surface area contributed by atoms with Crippen LogP contribution in [0, 0.1) is 0 Å². The molecule has 0 amide bonds. The molecule has 0 aromatic carbocycles. The molecule has 0 aliphatic heterocycles. The Balaban J connectivity index is 3.32. The van der Waals surface area contributed by atoms with Crippen molar-refractivity contribution in [3.8, 4) is 0 Å². The summed E-state index contributed by atoms with van der Waals surface area (Å²) in [6, 6.07) is 0. The summed E-state index contributed by atoms with van der Waals surface area (Å²) in [5.74, 6) is 0. The zero-order valence-corrected chi connectivity index (χ0v) is 7.56. The highest BCUT2D eigenvalue weighted by molar-refractivity contribution is 9.10. The van der Waals surface area contributed by atoms with Gasteiger partial charge in [0.25, 0.3) is 0 Å². The van der Waals surface area contributed by atoms with Crippen LogP contribution in [0.25, 0.3) is 0 Å². The summed E-state index contributed by atoms with van der Waals surface area (Å²) in [6.45, 7) is 0. The molecule has 0 spiro atoms. The van der Waals surface area contributed by atoms with Crippen molar-refractivity contribution < 1.29 is 18.0 Å². The summed E-state index contributed by atoms with van der Waals surface area (Å²) in [5, 5.41) is 0. The first-order chi connectivity index (χ1) is 5.96. The Bertz CT molecular complexity index is 339. The van der Waals surface area contributed by atoms with Crippen LogP contribution in [-0.2, 0) is 6.18 Å². The standard InChI is InChI=1S/C6H2BrF3N2O/c7-4-3(1-13)11-2-12-5(4)6(8,9)10/h1-2H. The summed E-state index contributed by atoms with van der Waals surface area (Å²) >= 11 is 2.60. The predicted molar refractivity (Wildman–Crippen MR) is 40.1 cm³/mol. The molecule has 0 saturated heterocycles. The zero-order valence-electron chi connectivity index (χ0n) is 5.97. The molecule has 0 N–H and O–H groups in total. The lowest BCUT2D eigenvalue weighted by Gasteiger charge is -2.07. The Hall–Kier alpha value is -0.980. The second kappa shape index (κ2) is 3.41. The molecule has 1 aromatic heterocycles. The van der Waals surface area contributed by atoms with Crippen LogP contribution in [0.5, 0.6) is 0 Å². The molecule has 0 aliphatic rings. The molecule has 0 saturated carbocycles. The zero-order chi connectivity index (χ0) is 10.1. The monoisotopic (exact) mass is 254 g/mol. The molecule has 0 atom stereocenters. The van der Waals surface area contributed by atoms with E-state index >= 15 is 0 Å². The lowest BCUT2D eigenvalue weighted by atomic mass is 10.3. The number of hydrogen-bond donors (Lipinski definition) is 0. The van der Waals surface area contributed by atoms with Gasteiger partial charge in [0.2, 0.25) is 0 Å². The fourth-order valence-electron chi connectivity index (χ4n) is 0.663. The minimum atomic E-state index is -4.58. The maximum atomic E-state index is 12.1. The van der Waals surface area contributed by atoms with E-state index in [9.17, 15) is 18.0 Å². The number of nitrogens with zero attached hydrogens (tertiary/aromatic N) is 2. The molecular formula is C6H2BrF3N2O. The number of carbonyl (C=O) groups is 1. The molecule has 1 rings (SSSR count). The average Bonchev–Trinajstić information content (AvgIpc) is 2.02. The van der Waals surface area contributed by atoms with E-state index < -0.39 is 16.3 Å². The van der Waals surface area contributed by atoms with Crippen LogP contribution >= 0.6 is 15.9 Å². The lowest BCUT2D eigenvalue weighted by Crippen LogP contribution is -2.11. The van der Waals surface area contributed by atoms with E-state index in [1.807, 2.05) is 0 Å². The van der Waals surface area contributed by atoms with Gasteiger partial charge in [-0.25, -0.2) is 9.97 Å². The van der Waals surface area contributed by atoms with E-state index in [0.29, 0.717) is 6.33 Å². The minimum Gasteiger partial charge on any atom is -0.296 e. The number of aromatic nitrogens is 2. The average molecular weight is 255 g/mol. The molecule has 3 nitrogen and oxygen atoms in total. The molecule has 1 aromatic rings. The second-order valence-electron chi connectivity index (χ2n) is 2.04. The molecule has 0 bridgehead atoms. The number of rotatable bonds is 1. The van der Waals surface area contributed by atoms with Gasteiger partial charge in [-0.1, -0.05) is 0 Å². The smallest absolute Gasteiger partial charge is 0.296 e. The maximum Gasteiger partial charge on any atom is 0.434 e. The van der Waals surface area contributed by atoms with Crippen molar-refractivity contribution in [3.05, 3.63) is 22.2 Å². The van der Waals surface area contributed by atoms with Gasteiger partial charge in [-0.05, 0) is 15.9 Å². The number of carbonyl (C=O) groups excluding carboxylic acids is 1. The largest absolute Gasteiger partial charge is 0.434 e. The quantitative estimate of drug-likeness (QED) is 0.721. The van der Waals surface area contributed by atoms with Crippen LogP contribution in [0.3, 0.4) is 0 Å². The van der Waals surface area contributed by atoms with E-state index in [0.717, 1.165) is 0 Å². The van der Waals surface area contributed by atoms with Crippen molar-refractivity contribution in [1.29, 1.82) is 0 Å². The number of alkyl halides is 3. The van der Waals surface area contributed by atoms with Gasteiger partial charge in [0.1, 0.15) is 12.0 Å². The Labute approximate surface area is 79.1 Å². The first kappa shape index (κ1) is 10.1. The number of aldehydes is 1. The number of halogens is 4. The fraction of sp³-hybridized carbons (Fsp3) is 0.167. The van der Waals surface area contributed by atoms with Crippen LogP contribution < -0.4 is 0 Å². The highest BCUT2D eigenvalue weighted by Crippen LogP contribution is 2.33. The van der Waals surface area contributed by atoms with Crippen LogP contribution in [0.2, 0.25) is 0 Å². The Morgan fingerprint density at radius 2 is 2.00 bits per heavy atom. The SMILES string of the molecule is O=Cc1ncnc(C(F)(F)F)c1Br. The maximum absolute atomic E-state index is 12.1. The topological polar surface area (TPSA) is 42.9 Å². The van der Waals surface area contributed by atoms with Gasteiger partial charge in [-0.3, -0.25) is 4.79 Å². The van der Waals surface area contributed by atoms with Crippen molar-refractivity contribution >= 4 is 22.2 Å². The van der Waals surface area contributed by atoms with E-state index in [2.05, 4.69) is 25.9 Å². The molecule has 7 heteroatoms. The van der Waals surface area contributed by atoms with Crippen molar-refractivity contribution in [2.24, 2.45) is 0 Å². The summed E-state index contributed by atoms with van der Waals surface area (Å²) in [6.07, 6.45) is -3.67. The normalized spacial score (nSPS) is 11.4. The molecule has 1 heterocycles. The Kier molecular flexibility index (Phi) is 2.65. The van der Waals surface area contributed by atoms with Crippen LogP contribution in [-0.4, -0.2) is 16.3 Å². The third kappa shape index (κ3) is 2.03. The summed E-state index contributed by atoms with van der Waals surface area (Å²) < 4.78 is 36.0. The van der Waals surface area contributed by atoms with Crippen molar-refractivity contribution in [1.82, 2.24) is 9.97 Å². The molecular weight excluding hydrogens is 253 g/mol. The lowest BCUT2D eigenvalue weighted by molar-refractivity contribution is -0.141. The van der Waals surface area contributed by atoms with Crippen LogP contribution in [0.4, 0.5) is 13.2 Å². The van der Waals surface area contributed by atoms with Crippen molar-refractivity contribution in [3.63, 3.8) is 0 Å². The van der Waals surface area contributed by atoms with Gasteiger partial charge in [-0.15, -0.1) is 0 Å². The Morgan fingerprint density at radius 3 is 2.46 bits per heavy atom. The first-order valence-corrected chi connectivity index (χ1v) is 3.79. The number of hydrogen-bond acceptors (Lipinski definition) is 3. The third-order valence-electron chi connectivity index (χ3n) is 1.20. The molecule has 0 aliphatic carbocycles. The van der Waals surface area contributed by atoms with Gasteiger partial charge < -0.3 is 0 Å². The van der Waals surface area contributed by atoms with E-state index in [4.69, 9.17) is 0 Å². The Morgan fingerprint density at radius 1 is 1.38 bits per heavy atom. The molecule has 0 radical (unpaired) electrons. The van der Waals surface area contributed by atoms with E-state index in [1.165, 1.54) is 0 Å². The third-order valence-corrected chi connectivity index (χ3v) is 1.98. The van der Waals surface area contributed by atoms with Gasteiger partial charge in [0.05, 0.1) is 4.47 Å². The summed E-state index contributed by atoms with van der Waals surface area (Å²) in [5.41, 5.74) is -1.47. The van der Waals surface area contributed by atoms with Crippen LogP contribution in [0.1, 0.15) is 16.2 Å². The second-order valence-corrected chi connectivity index (χ2v) is 2.83. The van der Waals surface area contributed by atoms with E-state index in [-0.39, 0.29) is 12.0 Å². The van der Waals surface area contributed by atoms with E-state index in [1.54, 1.807) is 0 Å². The fourth-order valence-corrected chi connectivity index (χ4v) is 1.19. The highest BCUT2D eigenvalue weighted by atomic mass is 79.9. The predicted octanol–water partition coefficient (Wildman–Crippen LogP) is 2.07.